The van der Waals surface area contributed by atoms with Crippen LogP contribution in [-0.2, 0) is 13.0 Å². The van der Waals surface area contributed by atoms with Crippen LogP contribution in [0.1, 0.15) is 24.0 Å². The van der Waals surface area contributed by atoms with Gasteiger partial charge in [-0.05, 0) is 62.2 Å². The van der Waals surface area contributed by atoms with Crippen molar-refractivity contribution in [2.24, 2.45) is 0 Å². The van der Waals surface area contributed by atoms with Gasteiger partial charge in [-0.1, -0.05) is 42.5 Å². The maximum atomic E-state index is 5.69. The standard InChI is InChI=1S/C25H30N4O/c1-28(18-14-21-7-3-2-4-8-21)23-9-5-17-29(20-23)19-22-10-12-24(13-11-22)30-25-26-15-6-16-27-25/h2-4,6-8,10-13,15-16,23H,5,9,14,17-20H2,1H3. The SMILES string of the molecule is CN(CCc1ccccc1)C1CCCN(Cc2ccc(Oc3ncccn3)cc2)C1. The van der Waals surface area contributed by atoms with Crippen molar-refractivity contribution in [2.45, 2.75) is 31.8 Å². The fraction of sp³-hybridized carbons (Fsp3) is 0.360. The van der Waals surface area contributed by atoms with Gasteiger partial charge in [-0.25, -0.2) is 9.97 Å². The van der Waals surface area contributed by atoms with Crippen LogP contribution in [0.3, 0.4) is 0 Å². The minimum Gasteiger partial charge on any atom is -0.424 e. The lowest BCUT2D eigenvalue weighted by atomic mass is 10.0. The van der Waals surface area contributed by atoms with Gasteiger partial charge in [-0.15, -0.1) is 0 Å². The highest BCUT2D eigenvalue weighted by atomic mass is 16.5. The molecule has 1 aliphatic rings. The summed E-state index contributed by atoms with van der Waals surface area (Å²) in [5.74, 6) is 0.766. The highest BCUT2D eigenvalue weighted by Crippen LogP contribution is 2.21. The summed E-state index contributed by atoms with van der Waals surface area (Å²) in [6, 6.07) is 21.8. The molecule has 0 amide bonds. The van der Waals surface area contributed by atoms with E-state index in [1.165, 1.54) is 30.5 Å². The Morgan fingerprint density at radius 1 is 0.967 bits per heavy atom. The number of likely N-dealkylation sites (tertiary alicyclic amines) is 1. The van der Waals surface area contributed by atoms with Crippen LogP contribution in [0, 0.1) is 0 Å². The van der Waals surface area contributed by atoms with E-state index in [1.807, 2.05) is 12.1 Å². The fourth-order valence-electron chi connectivity index (χ4n) is 4.03. The van der Waals surface area contributed by atoms with E-state index >= 15 is 0 Å². The van der Waals surface area contributed by atoms with Crippen LogP contribution in [0.15, 0.2) is 73.1 Å². The molecule has 2 aromatic carbocycles. The third kappa shape index (κ3) is 5.88. The number of ether oxygens (including phenoxy) is 1. The van der Waals surface area contributed by atoms with E-state index in [-0.39, 0.29) is 0 Å². The van der Waals surface area contributed by atoms with Crippen LogP contribution in [-0.4, -0.2) is 52.5 Å². The van der Waals surface area contributed by atoms with E-state index in [1.54, 1.807) is 18.5 Å². The number of hydrogen-bond donors (Lipinski definition) is 0. The predicted molar refractivity (Wildman–Crippen MR) is 120 cm³/mol. The molecule has 1 atom stereocenters. The molecule has 0 spiro atoms. The van der Waals surface area contributed by atoms with Crippen molar-refractivity contribution in [3.05, 3.63) is 84.2 Å². The first-order chi connectivity index (χ1) is 14.8. The number of rotatable bonds is 8. The fourth-order valence-corrected chi connectivity index (χ4v) is 4.03. The summed E-state index contributed by atoms with van der Waals surface area (Å²) in [7, 11) is 2.27. The maximum Gasteiger partial charge on any atom is 0.321 e. The summed E-state index contributed by atoms with van der Waals surface area (Å²) < 4.78 is 5.69. The third-order valence-corrected chi connectivity index (χ3v) is 5.78. The summed E-state index contributed by atoms with van der Waals surface area (Å²) in [5.41, 5.74) is 2.73. The van der Waals surface area contributed by atoms with Gasteiger partial charge in [0.2, 0.25) is 0 Å². The van der Waals surface area contributed by atoms with Gasteiger partial charge in [-0.3, -0.25) is 4.90 Å². The summed E-state index contributed by atoms with van der Waals surface area (Å²) in [4.78, 5) is 13.3. The molecule has 1 aromatic heterocycles. The van der Waals surface area contributed by atoms with Crippen molar-refractivity contribution in [3.8, 4) is 11.8 Å². The van der Waals surface area contributed by atoms with Gasteiger partial charge >= 0.3 is 6.01 Å². The van der Waals surface area contributed by atoms with Crippen molar-refractivity contribution in [1.82, 2.24) is 19.8 Å². The largest absolute Gasteiger partial charge is 0.424 e. The molecular formula is C25H30N4O. The molecule has 0 saturated carbocycles. The third-order valence-electron chi connectivity index (χ3n) is 5.78. The van der Waals surface area contributed by atoms with Gasteiger partial charge in [0, 0.05) is 38.1 Å². The normalized spacial score (nSPS) is 17.2. The zero-order chi connectivity index (χ0) is 20.6. The molecule has 4 rings (SSSR count). The Bertz CT molecular complexity index is 886. The highest BCUT2D eigenvalue weighted by molar-refractivity contribution is 5.29. The van der Waals surface area contributed by atoms with Crippen molar-refractivity contribution in [3.63, 3.8) is 0 Å². The summed E-state index contributed by atoms with van der Waals surface area (Å²) in [6.45, 7) is 4.38. The van der Waals surface area contributed by atoms with Gasteiger partial charge in [0.25, 0.3) is 0 Å². The molecule has 1 unspecified atom stereocenters. The average molecular weight is 403 g/mol. The molecule has 30 heavy (non-hydrogen) atoms. The first-order valence-electron chi connectivity index (χ1n) is 10.8. The number of likely N-dealkylation sites (N-methyl/N-ethyl adjacent to an activating group) is 1. The van der Waals surface area contributed by atoms with Gasteiger partial charge in [-0.2, -0.15) is 0 Å². The second-order valence-corrected chi connectivity index (χ2v) is 8.02. The van der Waals surface area contributed by atoms with Gasteiger partial charge in [0.05, 0.1) is 0 Å². The smallest absolute Gasteiger partial charge is 0.321 e. The monoisotopic (exact) mass is 402 g/mol. The molecule has 156 valence electrons. The van der Waals surface area contributed by atoms with E-state index in [4.69, 9.17) is 4.74 Å². The van der Waals surface area contributed by atoms with Crippen LogP contribution in [0.4, 0.5) is 0 Å². The van der Waals surface area contributed by atoms with E-state index in [9.17, 15) is 0 Å². The molecule has 2 heterocycles. The Balaban J connectivity index is 1.27. The minimum absolute atomic E-state index is 0.377. The molecular weight excluding hydrogens is 372 g/mol. The van der Waals surface area contributed by atoms with E-state index in [0.717, 1.165) is 31.8 Å². The quantitative estimate of drug-likeness (QED) is 0.558. The molecule has 0 N–H and O–H groups in total. The van der Waals surface area contributed by atoms with Crippen LogP contribution in [0.25, 0.3) is 0 Å². The van der Waals surface area contributed by atoms with Gasteiger partial charge < -0.3 is 9.64 Å². The van der Waals surface area contributed by atoms with E-state index in [2.05, 4.69) is 69.3 Å². The number of nitrogens with zero attached hydrogens (tertiary/aromatic N) is 4. The highest BCUT2D eigenvalue weighted by Gasteiger charge is 2.23. The number of piperidine rings is 1. The van der Waals surface area contributed by atoms with Crippen molar-refractivity contribution in [2.75, 3.05) is 26.7 Å². The Labute approximate surface area is 179 Å². The number of hydrogen-bond acceptors (Lipinski definition) is 5. The molecule has 0 aliphatic carbocycles. The van der Waals surface area contributed by atoms with Crippen LogP contribution < -0.4 is 4.74 Å². The number of benzene rings is 2. The van der Waals surface area contributed by atoms with Crippen molar-refractivity contribution < 1.29 is 4.74 Å². The second kappa shape index (κ2) is 10.3. The number of aromatic nitrogens is 2. The van der Waals surface area contributed by atoms with Gasteiger partial charge in [0.15, 0.2) is 0 Å². The van der Waals surface area contributed by atoms with Crippen LogP contribution in [0.5, 0.6) is 11.8 Å². The molecule has 1 saturated heterocycles. The van der Waals surface area contributed by atoms with Crippen LogP contribution >= 0.6 is 0 Å². The molecule has 5 heteroatoms. The van der Waals surface area contributed by atoms with Crippen LogP contribution in [0.2, 0.25) is 0 Å². The van der Waals surface area contributed by atoms with Crippen molar-refractivity contribution in [1.29, 1.82) is 0 Å². The minimum atomic E-state index is 0.377. The molecule has 0 bridgehead atoms. The summed E-state index contributed by atoms with van der Waals surface area (Å²) in [6.07, 6.45) is 7.01. The van der Waals surface area contributed by atoms with Gasteiger partial charge in [0.1, 0.15) is 5.75 Å². The zero-order valence-electron chi connectivity index (χ0n) is 17.7. The predicted octanol–water partition coefficient (Wildman–Crippen LogP) is 4.41. The lowest BCUT2D eigenvalue weighted by Gasteiger charge is -2.37. The van der Waals surface area contributed by atoms with E-state index in [0.29, 0.717) is 12.1 Å². The zero-order valence-corrected chi connectivity index (χ0v) is 17.7. The maximum absolute atomic E-state index is 5.69. The van der Waals surface area contributed by atoms with E-state index < -0.39 is 0 Å². The average Bonchev–Trinajstić information content (AvgIpc) is 2.80. The topological polar surface area (TPSA) is 41.5 Å². The molecule has 1 aliphatic heterocycles. The van der Waals surface area contributed by atoms with Crippen molar-refractivity contribution >= 4 is 0 Å². The Hall–Kier alpha value is -2.76. The molecule has 3 aromatic rings. The molecule has 1 fully saturated rings. The Kier molecular flexibility index (Phi) is 7.06. The second-order valence-electron chi connectivity index (χ2n) is 8.02. The Morgan fingerprint density at radius 3 is 2.50 bits per heavy atom. The Morgan fingerprint density at radius 2 is 1.73 bits per heavy atom. The first kappa shape index (κ1) is 20.5. The lowest BCUT2D eigenvalue weighted by molar-refractivity contribution is 0.112. The lowest BCUT2D eigenvalue weighted by Crippen LogP contribution is -2.46. The molecule has 5 nitrogen and oxygen atoms in total. The molecule has 0 radical (unpaired) electrons. The summed E-state index contributed by atoms with van der Waals surface area (Å²) in [5, 5.41) is 0. The first-order valence-corrected chi connectivity index (χ1v) is 10.8. The summed E-state index contributed by atoms with van der Waals surface area (Å²) >= 11 is 0.